The zero-order valence-electron chi connectivity index (χ0n) is 12.6. The van der Waals surface area contributed by atoms with E-state index in [9.17, 15) is 14.5 Å². The first kappa shape index (κ1) is 15.5. The van der Waals surface area contributed by atoms with E-state index in [2.05, 4.69) is 9.97 Å². The topological polar surface area (TPSA) is 78.2 Å². The monoisotopic (exact) mass is 325 g/mol. The highest BCUT2D eigenvalue weighted by Crippen LogP contribution is 2.25. The van der Waals surface area contributed by atoms with E-state index < -0.39 is 4.92 Å². The van der Waals surface area contributed by atoms with Crippen LogP contribution in [0.2, 0.25) is 0 Å². The average molecular weight is 325 g/mol. The molecule has 0 saturated heterocycles. The Labute approximate surface area is 136 Å². The third-order valence-corrected chi connectivity index (χ3v) is 3.35. The molecule has 0 bridgehead atoms. The summed E-state index contributed by atoms with van der Waals surface area (Å²) in [5, 5.41) is 10.8. The normalized spacial score (nSPS) is 10.4. The molecule has 24 heavy (non-hydrogen) atoms. The second kappa shape index (κ2) is 6.41. The van der Waals surface area contributed by atoms with Crippen LogP contribution in [0.4, 0.5) is 10.1 Å². The molecule has 0 unspecified atom stereocenters. The first-order chi connectivity index (χ1) is 11.5. The zero-order valence-corrected chi connectivity index (χ0v) is 12.6. The maximum atomic E-state index is 12.9. The molecule has 0 fully saturated rings. The molecule has 120 valence electrons. The molecule has 0 amide bonds. The van der Waals surface area contributed by atoms with Crippen LogP contribution in [0.15, 0.2) is 54.9 Å². The van der Waals surface area contributed by atoms with Gasteiger partial charge < -0.3 is 4.74 Å². The second-order valence-electron chi connectivity index (χ2n) is 5.05. The zero-order chi connectivity index (χ0) is 17.1. The van der Waals surface area contributed by atoms with E-state index >= 15 is 0 Å². The van der Waals surface area contributed by atoms with Gasteiger partial charge in [0.05, 0.1) is 16.8 Å². The number of benzene rings is 1. The summed E-state index contributed by atoms with van der Waals surface area (Å²) in [4.78, 5) is 18.5. The maximum absolute atomic E-state index is 12.9. The van der Waals surface area contributed by atoms with Crippen molar-refractivity contribution in [3.05, 3.63) is 76.4 Å². The molecular formula is C17H12FN3O3. The molecule has 1 aromatic carbocycles. The van der Waals surface area contributed by atoms with Crippen LogP contribution in [-0.2, 0) is 0 Å². The Bertz CT molecular complexity index is 881. The highest BCUT2D eigenvalue weighted by Gasteiger charge is 2.12. The molecule has 0 aliphatic heterocycles. The molecule has 0 N–H and O–H groups in total. The van der Waals surface area contributed by atoms with Crippen molar-refractivity contribution in [3.63, 3.8) is 0 Å². The van der Waals surface area contributed by atoms with Gasteiger partial charge >= 0.3 is 0 Å². The minimum absolute atomic E-state index is 0.0628. The molecule has 6 nitrogen and oxygen atoms in total. The predicted molar refractivity (Wildman–Crippen MR) is 85.3 cm³/mol. The molecule has 0 radical (unpaired) electrons. The highest BCUT2D eigenvalue weighted by atomic mass is 19.1. The van der Waals surface area contributed by atoms with Crippen LogP contribution in [-0.4, -0.2) is 14.9 Å². The minimum atomic E-state index is -0.495. The lowest BCUT2D eigenvalue weighted by atomic mass is 10.1. The third kappa shape index (κ3) is 3.35. The molecule has 3 rings (SSSR count). The summed E-state index contributed by atoms with van der Waals surface area (Å²) in [6.45, 7) is 1.61. The van der Waals surface area contributed by atoms with E-state index in [1.165, 1.54) is 24.4 Å². The molecule has 0 atom stereocenters. The fraction of sp³-hybridized carbons (Fsp3) is 0.0588. The predicted octanol–water partition coefficient (Wildman–Crippen LogP) is 4.29. The Hall–Kier alpha value is -3.35. The van der Waals surface area contributed by atoms with Crippen molar-refractivity contribution in [1.82, 2.24) is 9.97 Å². The van der Waals surface area contributed by atoms with Crippen molar-refractivity contribution in [2.75, 3.05) is 0 Å². The highest BCUT2D eigenvalue weighted by molar-refractivity contribution is 5.59. The van der Waals surface area contributed by atoms with Gasteiger partial charge in [0.15, 0.2) is 0 Å². The molecule has 2 heterocycles. The molecule has 3 aromatic rings. The molecule has 0 aliphatic rings. The van der Waals surface area contributed by atoms with E-state index in [1.54, 1.807) is 31.2 Å². The lowest BCUT2D eigenvalue weighted by molar-refractivity contribution is -0.385. The van der Waals surface area contributed by atoms with Gasteiger partial charge in [-0.25, -0.2) is 9.37 Å². The Morgan fingerprint density at radius 2 is 1.83 bits per heavy atom. The average Bonchev–Trinajstić information content (AvgIpc) is 2.56. The van der Waals surface area contributed by atoms with Crippen LogP contribution in [0, 0.1) is 22.9 Å². The Kier molecular flexibility index (Phi) is 4.15. The number of aryl methyl sites for hydroxylation is 1. The number of hydrogen-bond acceptors (Lipinski definition) is 5. The number of nitrogens with zero attached hydrogens (tertiary/aromatic N) is 3. The number of ether oxygens (including phenoxy) is 1. The smallest absolute Gasteiger partial charge is 0.290 e. The maximum Gasteiger partial charge on any atom is 0.290 e. The number of nitro groups is 1. The summed E-state index contributed by atoms with van der Waals surface area (Å²) in [5.74, 6) is 0.384. The van der Waals surface area contributed by atoms with Crippen LogP contribution in [0.3, 0.4) is 0 Å². The van der Waals surface area contributed by atoms with Crippen LogP contribution in [0.1, 0.15) is 5.56 Å². The van der Waals surface area contributed by atoms with Crippen molar-refractivity contribution in [2.45, 2.75) is 6.92 Å². The Balaban J connectivity index is 1.78. The van der Waals surface area contributed by atoms with Gasteiger partial charge in [-0.3, -0.25) is 15.1 Å². The number of halogens is 1. The van der Waals surface area contributed by atoms with Crippen molar-refractivity contribution in [2.24, 2.45) is 0 Å². The molecule has 0 saturated carbocycles. The van der Waals surface area contributed by atoms with Gasteiger partial charge in [0.25, 0.3) is 5.69 Å². The molecular weight excluding hydrogens is 313 g/mol. The van der Waals surface area contributed by atoms with E-state index in [0.717, 1.165) is 11.8 Å². The van der Waals surface area contributed by atoms with Crippen LogP contribution in [0.5, 0.6) is 11.6 Å². The number of pyridine rings is 2. The SMILES string of the molecule is Cc1cc(Oc2ccc(-c3ccc(F)cc3)nc2)ncc1[N+](=O)[O-]. The summed E-state index contributed by atoms with van der Waals surface area (Å²) in [6, 6.07) is 10.9. The molecule has 2 aromatic heterocycles. The minimum Gasteiger partial charge on any atom is -0.437 e. The number of hydrogen-bond donors (Lipinski definition) is 0. The fourth-order valence-electron chi connectivity index (χ4n) is 2.12. The van der Waals surface area contributed by atoms with Gasteiger partial charge in [-0.2, -0.15) is 0 Å². The van der Waals surface area contributed by atoms with E-state index in [0.29, 0.717) is 17.0 Å². The van der Waals surface area contributed by atoms with Gasteiger partial charge in [-0.05, 0) is 43.3 Å². The van der Waals surface area contributed by atoms with Crippen molar-refractivity contribution < 1.29 is 14.1 Å². The standard InChI is InChI=1S/C17H12FN3O3/c1-11-8-17(20-10-16(11)21(22)23)24-14-6-7-15(19-9-14)12-2-4-13(18)5-3-12/h2-10H,1H3. The lowest BCUT2D eigenvalue weighted by Crippen LogP contribution is -1.95. The van der Waals surface area contributed by atoms with Gasteiger partial charge in [0.2, 0.25) is 5.88 Å². The second-order valence-corrected chi connectivity index (χ2v) is 5.05. The van der Waals surface area contributed by atoms with E-state index in [4.69, 9.17) is 4.74 Å². The van der Waals surface area contributed by atoms with Crippen molar-refractivity contribution in [3.8, 4) is 22.9 Å². The van der Waals surface area contributed by atoms with E-state index in [1.807, 2.05) is 0 Å². The van der Waals surface area contributed by atoms with Gasteiger partial charge in [-0.1, -0.05) is 0 Å². The summed E-state index contributed by atoms with van der Waals surface area (Å²) in [7, 11) is 0. The molecule has 7 heteroatoms. The Morgan fingerprint density at radius 3 is 2.42 bits per heavy atom. The van der Waals surface area contributed by atoms with Crippen molar-refractivity contribution in [1.29, 1.82) is 0 Å². The third-order valence-electron chi connectivity index (χ3n) is 3.35. The largest absolute Gasteiger partial charge is 0.437 e. The van der Waals surface area contributed by atoms with Crippen LogP contribution < -0.4 is 4.74 Å². The van der Waals surface area contributed by atoms with Gasteiger partial charge in [-0.15, -0.1) is 0 Å². The summed E-state index contributed by atoms with van der Waals surface area (Å²) in [6.07, 6.45) is 2.67. The molecule has 0 aliphatic carbocycles. The number of rotatable bonds is 4. The molecule has 0 spiro atoms. The van der Waals surface area contributed by atoms with E-state index in [-0.39, 0.29) is 17.4 Å². The van der Waals surface area contributed by atoms with Crippen LogP contribution in [0.25, 0.3) is 11.3 Å². The fourth-order valence-corrected chi connectivity index (χ4v) is 2.12. The van der Waals surface area contributed by atoms with Crippen molar-refractivity contribution >= 4 is 5.69 Å². The van der Waals surface area contributed by atoms with Gasteiger partial charge in [0.1, 0.15) is 17.8 Å². The first-order valence-electron chi connectivity index (χ1n) is 7.04. The van der Waals surface area contributed by atoms with Gasteiger partial charge in [0, 0.05) is 17.2 Å². The van der Waals surface area contributed by atoms with Crippen LogP contribution >= 0.6 is 0 Å². The quantitative estimate of drug-likeness (QED) is 0.528. The lowest BCUT2D eigenvalue weighted by Gasteiger charge is -2.06. The first-order valence-corrected chi connectivity index (χ1v) is 7.04. The summed E-state index contributed by atoms with van der Waals surface area (Å²) < 4.78 is 18.5. The summed E-state index contributed by atoms with van der Waals surface area (Å²) in [5.41, 5.74) is 1.86. The Morgan fingerprint density at radius 1 is 1.08 bits per heavy atom. The number of aromatic nitrogens is 2. The summed E-state index contributed by atoms with van der Waals surface area (Å²) >= 11 is 0.